The van der Waals surface area contributed by atoms with Crippen molar-refractivity contribution in [1.29, 1.82) is 5.26 Å². The molecule has 1 fully saturated rings. The maximum absolute atomic E-state index is 9.19. The van der Waals surface area contributed by atoms with E-state index in [2.05, 4.69) is 11.2 Å². The molecule has 5 nitrogen and oxygen atoms in total. The summed E-state index contributed by atoms with van der Waals surface area (Å²) in [6.07, 6.45) is 2.17. The highest BCUT2D eigenvalue weighted by Gasteiger charge is 2.29. The van der Waals surface area contributed by atoms with Gasteiger partial charge in [0, 0.05) is 0 Å². The second kappa shape index (κ2) is 5.35. The third-order valence-corrected chi connectivity index (χ3v) is 3.37. The van der Waals surface area contributed by atoms with Crippen LogP contribution in [0.15, 0.2) is 30.3 Å². The molecule has 0 spiro atoms. The molecule has 0 bridgehead atoms. The van der Waals surface area contributed by atoms with Gasteiger partial charge in [-0.25, -0.2) is 4.68 Å². The first-order valence-corrected chi connectivity index (χ1v) is 6.68. The van der Waals surface area contributed by atoms with Gasteiger partial charge in [-0.1, -0.05) is 30.3 Å². The summed E-state index contributed by atoms with van der Waals surface area (Å²) in [5.41, 5.74) is 8.14. The Kier molecular flexibility index (Phi) is 3.40. The van der Waals surface area contributed by atoms with E-state index >= 15 is 0 Å². The molecule has 5 heteroatoms. The minimum Gasteiger partial charge on any atom is -0.383 e. The number of rotatable bonds is 5. The average Bonchev–Trinajstić information content (AvgIpc) is 3.26. The van der Waals surface area contributed by atoms with Crippen molar-refractivity contribution in [2.45, 2.75) is 32.1 Å². The minimum atomic E-state index is 0.307. The van der Waals surface area contributed by atoms with E-state index in [0.717, 1.165) is 18.4 Å². The molecule has 0 amide bonds. The van der Waals surface area contributed by atoms with Crippen molar-refractivity contribution in [2.75, 3.05) is 5.73 Å². The van der Waals surface area contributed by atoms with Gasteiger partial charge in [-0.15, -0.1) is 0 Å². The smallest absolute Gasteiger partial charge is 0.140 e. The van der Waals surface area contributed by atoms with Gasteiger partial charge in [-0.3, -0.25) is 0 Å². The largest absolute Gasteiger partial charge is 0.383 e. The number of hydrogen-bond acceptors (Lipinski definition) is 4. The SMILES string of the molecule is N#Cc1c(COCc2ccccc2)nn(C2CC2)c1N. The fourth-order valence-corrected chi connectivity index (χ4v) is 2.16. The molecule has 0 atom stereocenters. The summed E-state index contributed by atoms with van der Waals surface area (Å²) in [6, 6.07) is 12.4. The summed E-state index contributed by atoms with van der Waals surface area (Å²) in [6.45, 7) is 0.809. The number of nitrogens with zero attached hydrogens (tertiary/aromatic N) is 3. The Morgan fingerprint density at radius 2 is 2.05 bits per heavy atom. The van der Waals surface area contributed by atoms with Gasteiger partial charge in [-0.05, 0) is 18.4 Å². The normalized spacial score (nSPS) is 14.2. The molecule has 2 aromatic rings. The van der Waals surface area contributed by atoms with Crippen LogP contribution < -0.4 is 5.73 Å². The second-order valence-electron chi connectivity index (χ2n) is 4.97. The zero-order valence-electron chi connectivity index (χ0n) is 11.1. The van der Waals surface area contributed by atoms with E-state index < -0.39 is 0 Å². The Labute approximate surface area is 117 Å². The number of aromatic nitrogens is 2. The standard InChI is InChI=1S/C15H16N4O/c16-8-13-14(18-19(15(13)17)12-6-7-12)10-20-9-11-4-2-1-3-5-11/h1-5,12H,6-7,9-10,17H2. The zero-order valence-corrected chi connectivity index (χ0v) is 11.1. The molecule has 20 heavy (non-hydrogen) atoms. The van der Waals surface area contributed by atoms with Gasteiger partial charge in [0.25, 0.3) is 0 Å². The van der Waals surface area contributed by atoms with E-state index in [0.29, 0.717) is 36.3 Å². The van der Waals surface area contributed by atoms with Crippen LogP contribution in [0, 0.1) is 11.3 Å². The van der Waals surface area contributed by atoms with Gasteiger partial charge in [0.1, 0.15) is 23.1 Å². The number of nitrogens with two attached hydrogens (primary N) is 1. The Bertz CT molecular complexity index is 638. The average molecular weight is 268 g/mol. The maximum Gasteiger partial charge on any atom is 0.140 e. The van der Waals surface area contributed by atoms with Crippen LogP contribution in [0.5, 0.6) is 0 Å². The quantitative estimate of drug-likeness (QED) is 0.903. The van der Waals surface area contributed by atoms with Crippen molar-refractivity contribution in [3.05, 3.63) is 47.2 Å². The fourth-order valence-electron chi connectivity index (χ4n) is 2.16. The number of nitrogen functional groups attached to an aromatic ring is 1. The second-order valence-corrected chi connectivity index (χ2v) is 4.97. The molecule has 1 heterocycles. The summed E-state index contributed by atoms with van der Waals surface area (Å²) in [5.74, 6) is 0.466. The lowest BCUT2D eigenvalue weighted by molar-refractivity contribution is 0.104. The number of ether oxygens (including phenoxy) is 1. The predicted molar refractivity (Wildman–Crippen MR) is 74.6 cm³/mol. The van der Waals surface area contributed by atoms with Crippen LogP contribution in [0.1, 0.15) is 35.7 Å². The Balaban J connectivity index is 1.68. The molecular weight excluding hydrogens is 252 g/mol. The van der Waals surface area contributed by atoms with Gasteiger partial charge in [-0.2, -0.15) is 10.4 Å². The molecule has 1 aliphatic rings. The Morgan fingerprint density at radius 3 is 2.70 bits per heavy atom. The molecule has 1 aromatic heterocycles. The predicted octanol–water partition coefficient (Wildman–Crippen LogP) is 2.39. The van der Waals surface area contributed by atoms with Crippen LogP contribution in [0.3, 0.4) is 0 Å². The van der Waals surface area contributed by atoms with Gasteiger partial charge in [0.2, 0.25) is 0 Å². The Morgan fingerprint density at radius 1 is 1.30 bits per heavy atom. The molecule has 3 rings (SSSR count). The van der Waals surface area contributed by atoms with Crippen LogP contribution in [0.2, 0.25) is 0 Å². The first kappa shape index (κ1) is 12.7. The van der Waals surface area contributed by atoms with Gasteiger partial charge in [0.05, 0.1) is 19.3 Å². The van der Waals surface area contributed by atoms with E-state index in [-0.39, 0.29) is 0 Å². The number of anilines is 1. The van der Waals surface area contributed by atoms with E-state index in [9.17, 15) is 5.26 Å². The van der Waals surface area contributed by atoms with Crippen molar-refractivity contribution in [3.63, 3.8) is 0 Å². The van der Waals surface area contributed by atoms with E-state index in [1.165, 1.54) is 0 Å². The minimum absolute atomic E-state index is 0.307. The highest BCUT2D eigenvalue weighted by molar-refractivity contribution is 5.52. The lowest BCUT2D eigenvalue weighted by Crippen LogP contribution is -2.02. The van der Waals surface area contributed by atoms with Crippen molar-refractivity contribution in [3.8, 4) is 6.07 Å². The number of nitriles is 1. The third kappa shape index (κ3) is 2.51. The number of hydrogen-bond donors (Lipinski definition) is 1. The molecule has 2 N–H and O–H groups in total. The molecule has 0 saturated heterocycles. The zero-order chi connectivity index (χ0) is 13.9. The Hall–Kier alpha value is -2.32. The summed E-state index contributed by atoms with van der Waals surface area (Å²) >= 11 is 0. The highest BCUT2D eigenvalue weighted by atomic mass is 16.5. The van der Waals surface area contributed by atoms with E-state index in [1.807, 2.05) is 30.3 Å². The van der Waals surface area contributed by atoms with E-state index in [4.69, 9.17) is 10.5 Å². The molecule has 1 saturated carbocycles. The van der Waals surface area contributed by atoms with Crippen LogP contribution in [0.25, 0.3) is 0 Å². The topological polar surface area (TPSA) is 76.9 Å². The summed E-state index contributed by atoms with van der Waals surface area (Å²) in [4.78, 5) is 0. The molecule has 0 aliphatic heterocycles. The highest BCUT2D eigenvalue weighted by Crippen LogP contribution is 2.37. The lowest BCUT2D eigenvalue weighted by atomic mass is 10.2. The van der Waals surface area contributed by atoms with Crippen LogP contribution in [0.4, 0.5) is 5.82 Å². The van der Waals surface area contributed by atoms with Crippen LogP contribution in [-0.4, -0.2) is 9.78 Å². The van der Waals surface area contributed by atoms with Crippen molar-refractivity contribution in [1.82, 2.24) is 9.78 Å². The first-order valence-electron chi connectivity index (χ1n) is 6.68. The first-order chi connectivity index (χ1) is 9.79. The maximum atomic E-state index is 9.19. The molecule has 0 unspecified atom stereocenters. The third-order valence-electron chi connectivity index (χ3n) is 3.37. The lowest BCUT2D eigenvalue weighted by Gasteiger charge is -2.02. The van der Waals surface area contributed by atoms with Crippen molar-refractivity contribution >= 4 is 5.82 Å². The van der Waals surface area contributed by atoms with Crippen LogP contribution >= 0.6 is 0 Å². The number of benzene rings is 1. The molecule has 102 valence electrons. The fraction of sp³-hybridized carbons (Fsp3) is 0.333. The van der Waals surface area contributed by atoms with Crippen LogP contribution in [-0.2, 0) is 18.0 Å². The van der Waals surface area contributed by atoms with Gasteiger partial charge in [0.15, 0.2) is 0 Å². The summed E-state index contributed by atoms with van der Waals surface area (Å²) < 4.78 is 7.40. The monoisotopic (exact) mass is 268 g/mol. The molecular formula is C15H16N4O. The molecule has 0 radical (unpaired) electrons. The van der Waals surface area contributed by atoms with Crippen molar-refractivity contribution < 1.29 is 4.74 Å². The molecule has 1 aliphatic carbocycles. The summed E-state index contributed by atoms with van der Waals surface area (Å²) in [5, 5.41) is 13.6. The summed E-state index contributed by atoms with van der Waals surface area (Å²) in [7, 11) is 0. The van der Waals surface area contributed by atoms with Gasteiger partial charge >= 0.3 is 0 Å². The van der Waals surface area contributed by atoms with Gasteiger partial charge < -0.3 is 10.5 Å². The van der Waals surface area contributed by atoms with E-state index in [1.54, 1.807) is 4.68 Å². The molecule has 1 aromatic carbocycles. The van der Waals surface area contributed by atoms with Crippen molar-refractivity contribution in [2.24, 2.45) is 0 Å².